The van der Waals surface area contributed by atoms with E-state index in [4.69, 9.17) is 4.43 Å². The van der Waals surface area contributed by atoms with Crippen LogP contribution < -0.4 is 10.4 Å². The topological polar surface area (TPSA) is 9.23 Å². The van der Waals surface area contributed by atoms with Crippen LogP contribution in [0.2, 0.25) is 24.7 Å². The predicted molar refractivity (Wildman–Crippen MR) is 147 cm³/mol. The maximum atomic E-state index is 7.05. The third-order valence-electron chi connectivity index (χ3n) is 5.40. The molecule has 0 aliphatic rings. The van der Waals surface area contributed by atoms with E-state index in [2.05, 4.69) is 139 Å². The van der Waals surface area contributed by atoms with Crippen LogP contribution in [0, 0.1) is 17.4 Å². The molecule has 0 bridgehead atoms. The SMILES string of the molecule is CC(/C=C/C#C[Si](C)(C)C)=C\[C@@H](C)CO[Si](c1ccccc1)(c1ccccc1)C(C)(C)C. The van der Waals surface area contributed by atoms with E-state index < -0.39 is 16.4 Å². The molecule has 32 heavy (non-hydrogen) atoms. The normalized spacial score (nSPS) is 14.2. The first-order valence-corrected chi connectivity index (χ1v) is 17.0. The quantitative estimate of drug-likeness (QED) is 0.257. The van der Waals surface area contributed by atoms with E-state index in [1.54, 1.807) is 0 Å². The van der Waals surface area contributed by atoms with Gasteiger partial charge in [-0.05, 0) is 34.3 Å². The Kier molecular flexibility index (Phi) is 9.10. The molecule has 0 saturated carbocycles. The van der Waals surface area contributed by atoms with Gasteiger partial charge in [0.1, 0.15) is 8.07 Å². The Balaban J connectivity index is 2.31. The Morgan fingerprint density at radius 1 is 0.938 bits per heavy atom. The van der Waals surface area contributed by atoms with Gasteiger partial charge in [0.25, 0.3) is 8.32 Å². The summed E-state index contributed by atoms with van der Waals surface area (Å²) in [5.74, 6) is 3.53. The van der Waals surface area contributed by atoms with Gasteiger partial charge in [-0.2, -0.15) is 0 Å². The zero-order valence-electron chi connectivity index (χ0n) is 21.2. The minimum atomic E-state index is -2.48. The molecule has 2 aromatic carbocycles. The highest BCUT2D eigenvalue weighted by atomic mass is 28.4. The summed E-state index contributed by atoms with van der Waals surface area (Å²) in [6.07, 6.45) is 6.40. The Hall–Kier alpha value is -2.13. The third kappa shape index (κ3) is 7.20. The maximum Gasteiger partial charge on any atom is 0.261 e. The summed E-state index contributed by atoms with van der Waals surface area (Å²) >= 11 is 0. The van der Waals surface area contributed by atoms with Crippen molar-refractivity contribution in [3.8, 4) is 11.5 Å². The summed E-state index contributed by atoms with van der Waals surface area (Å²) in [4.78, 5) is 0. The van der Waals surface area contributed by atoms with Crippen LogP contribution >= 0.6 is 0 Å². The van der Waals surface area contributed by atoms with Gasteiger partial charge in [-0.1, -0.05) is 132 Å². The smallest absolute Gasteiger partial charge is 0.261 e. The average Bonchev–Trinajstić information content (AvgIpc) is 2.71. The minimum absolute atomic E-state index is 0.000518. The van der Waals surface area contributed by atoms with Gasteiger partial charge in [-0.25, -0.2) is 0 Å². The molecule has 0 N–H and O–H groups in total. The molecule has 0 aliphatic carbocycles. The molecule has 3 heteroatoms. The third-order valence-corrected chi connectivity index (χ3v) is 11.3. The van der Waals surface area contributed by atoms with Crippen LogP contribution in [0.3, 0.4) is 0 Å². The lowest BCUT2D eigenvalue weighted by Crippen LogP contribution is -2.66. The number of hydrogen-bond acceptors (Lipinski definition) is 1. The van der Waals surface area contributed by atoms with Crippen molar-refractivity contribution >= 4 is 26.8 Å². The van der Waals surface area contributed by atoms with E-state index in [0.29, 0.717) is 12.5 Å². The summed E-state index contributed by atoms with van der Waals surface area (Å²) in [6.45, 7) is 18.8. The molecule has 2 aromatic rings. The lowest BCUT2D eigenvalue weighted by Gasteiger charge is -2.43. The Labute approximate surface area is 198 Å². The van der Waals surface area contributed by atoms with Gasteiger partial charge in [0, 0.05) is 6.61 Å². The van der Waals surface area contributed by atoms with E-state index in [1.165, 1.54) is 15.9 Å². The van der Waals surface area contributed by atoms with Crippen molar-refractivity contribution in [2.45, 2.75) is 59.3 Å². The molecule has 170 valence electrons. The maximum absolute atomic E-state index is 7.05. The summed E-state index contributed by atoms with van der Waals surface area (Å²) in [5.41, 5.74) is 4.61. The highest BCUT2D eigenvalue weighted by Gasteiger charge is 2.50. The molecule has 0 amide bonds. The van der Waals surface area contributed by atoms with E-state index >= 15 is 0 Å². The zero-order valence-corrected chi connectivity index (χ0v) is 23.2. The standard InChI is InChI=1S/C29H40OSi2/c1-25(17-15-16-22-31(6,7)8)23-26(2)24-30-32(29(3,4)5,27-18-11-9-12-19-27)28-20-13-10-14-21-28/h9-15,17-21,23,26H,24H2,1-8H3/b17-15+,25-23+/t26-/m1/s1. The Morgan fingerprint density at radius 3 is 1.88 bits per heavy atom. The lowest BCUT2D eigenvalue weighted by molar-refractivity contribution is 0.267. The second-order valence-corrected chi connectivity index (χ2v) is 19.8. The number of hydrogen-bond donors (Lipinski definition) is 0. The average molecular weight is 461 g/mol. The number of allylic oxidation sites excluding steroid dienone is 3. The highest BCUT2D eigenvalue weighted by Crippen LogP contribution is 2.37. The summed E-state index contributed by atoms with van der Waals surface area (Å²) < 4.78 is 7.05. The van der Waals surface area contributed by atoms with Crippen molar-refractivity contribution in [2.24, 2.45) is 5.92 Å². The van der Waals surface area contributed by atoms with Crippen molar-refractivity contribution in [3.05, 3.63) is 84.5 Å². The van der Waals surface area contributed by atoms with Crippen molar-refractivity contribution in [2.75, 3.05) is 6.61 Å². The first-order valence-electron chi connectivity index (χ1n) is 11.6. The molecule has 0 saturated heterocycles. The van der Waals surface area contributed by atoms with Crippen LogP contribution in [-0.2, 0) is 4.43 Å². The summed E-state index contributed by atoms with van der Waals surface area (Å²) in [6, 6.07) is 21.7. The number of rotatable bonds is 7. The van der Waals surface area contributed by atoms with Gasteiger partial charge < -0.3 is 4.43 Å². The fourth-order valence-electron chi connectivity index (χ4n) is 4.00. The fraction of sp³-hybridized carbons (Fsp3) is 0.379. The van der Waals surface area contributed by atoms with Gasteiger partial charge in [0.15, 0.2) is 0 Å². The first-order chi connectivity index (χ1) is 15.0. The van der Waals surface area contributed by atoms with Crippen molar-refractivity contribution in [1.29, 1.82) is 0 Å². The van der Waals surface area contributed by atoms with Gasteiger partial charge in [0.2, 0.25) is 0 Å². The van der Waals surface area contributed by atoms with Gasteiger partial charge in [-0.15, -0.1) is 5.54 Å². The largest absolute Gasteiger partial charge is 0.407 e. The van der Waals surface area contributed by atoms with Crippen LogP contribution in [0.25, 0.3) is 0 Å². The van der Waals surface area contributed by atoms with Crippen LogP contribution in [0.15, 0.2) is 84.5 Å². The number of benzene rings is 2. The molecule has 0 unspecified atom stereocenters. The van der Waals surface area contributed by atoms with Gasteiger partial charge in [0.05, 0.1) is 0 Å². The second kappa shape index (κ2) is 11.1. The zero-order chi connectivity index (χ0) is 23.8. The molecule has 0 spiro atoms. The Morgan fingerprint density at radius 2 is 1.44 bits per heavy atom. The fourth-order valence-corrected chi connectivity index (χ4v) is 9.19. The Bertz CT molecular complexity index is 926. The van der Waals surface area contributed by atoms with E-state index in [9.17, 15) is 0 Å². The van der Waals surface area contributed by atoms with Crippen molar-refractivity contribution in [1.82, 2.24) is 0 Å². The molecule has 1 atom stereocenters. The second-order valence-electron chi connectivity index (χ2n) is 10.7. The summed E-state index contributed by atoms with van der Waals surface area (Å²) in [5, 5.41) is 2.65. The van der Waals surface area contributed by atoms with Gasteiger partial charge in [-0.3, -0.25) is 0 Å². The molecular weight excluding hydrogens is 420 g/mol. The van der Waals surface area contributed by atoms with Crippen LogP contribution in [0.4, 0.5) is 0 Å². The molecule has 2 rings (SSSR count). The van der Waals surface area contributed by atoms with E-state index in [0.717, 1.165) is 0 Å². The monoisotopic (exact) mass is 460 g/mol. The van der Waals surface area contributed by atoms with Crippen molar-refractivity contribution in [3.63, 3.8) is 0 Å². The van der Waals surface area contributed by atoms with Crippen LogP contribution in [0.1, 0.15) is 34.6 Å². The molecule has 0 fully saturated rings. The van der Waals surface area contributed by atoms with E-state index in [-0.39, 0.29) is 5.04 Å². The van der Waals surface area contributed by atoms with Gasteiger partial charge >= 0.3 is 0 Å². The van der Waals surface area contributed by atoms with Crippen LogP contribution in [0.5, 0.6) is 0 Å². The molecule has 0 aromatic heterocycles. The molecule has 0 heterocycles. The minimum Gasteiger partial charge on any atom is -0.407 e. The molecule has 1 nitrogen and oxygen atoms in total. The lowest BCUT2D eigenvalue weighted by atomic mass is 10.1. The van der Waals surface area contributed by atoms with E-state index in [1.807, 2.05) is 6.08 Å². The summed E-state index contributed by atoms with van der Waals surface area (Å²) in [7, 11) is -3.80. The molecule has 0 aliphatic heterocycles. The predicted octanol–water partition coefficient (Wildman–Crippen LogP) is 6.58. The highest BCUT2D eigenvalue weighted by molar-refractivity contribution is 6.99. The molecular formula is C29H40OSi2. The first kappa shape index (κ1) is 26.1. The molecule has 0 radical (unpaired) electrons. The van der Waals surface area contributed by atoms with Crippen molar-refractivity contribution < 1.29 is 4.43 Å². The van der Waals surface area contributed by atoms with Crippen LogP contribution in [-0.4, -0.2) is 23.0 Å².